The summed E-state index contributed by atoms with van der Waals surface area (Å²) >= 11 is 0. The van der Waals surface area contributed by atoms with Crippen molar-refractivity contribution in [2.24, 2.45) is 5.10 Å². The molecule has 0 radical (unpaired) electrons. The molecule has 0 saturated heterocycles. The highest BCUT2D eigenvalue weighted by Crippen LogP contribution is 2.36. The molecule has 34 heavy (non-hydrogen) atoms. The van der Waals surface area contributed by atoms with E-state index in [0.717, 1.165) is 6.07 Å². The Morgan fingerprint density at radius 2 is 1.74 bits per heavy atom. The van der Waals surface area contributed by atoms with E-state index in [1.54, 1.807) is 12.1 Å². The average Bonchev–Trinajstić information content (AvgIpc) is 2.81. The van der Waals surface area contributed by atoms with Crippen LogP contribution in [0.15, 0.2) is 64.6 Å². The monoisotopic (exact) mass is 488 g/mol. The number of anilines is 2. The summed E-state index contributed by atoms with van der Waals surface area (Å²) in [5.74, 6) is -0.337. The summed E-state index contributed by atoms with van der Waals surface area (Å²) in [5.41, 5.74) is 2.45. The van der Waals surface area contributed by atoms with Crippen LogP contribution in [0, 0.1) is 10.1 Å². The molecule has 0 spiro atoms. The third-order valence-electron chi connectivity index (χ3n) is 4.51. The van der Waals surface area contributed by atoms with E-state index in [0.29, 0.717) is 11.3 Å². The number of phenolic OH excluding ortho intramolecular Hbond substituents is 2. The third-order valence-corrected chi connectivity index (χ3v) is 5.89. The van der Waals surface area contributed by atoms with Crippen LogP contribution in [-0.2, 0) is 10.0 Å². The lowest BCUT2D eigenvalue weighted by Crippen LogP contribution is -2.13. The summed E-state index contributed by atoms with van der Waals surface area (Å²) in [6, 6.07) is 12.0. The number of sulfonamides is 1. The van der Waals surface area contributed by atoms with Crippen LogP contribution in [0.25, 0.3) is 0 Å². The zero-order valence-electron chi connectivity index (χ0n) is 17.9. The molecule has 4 N–H and O–H groups in total. The molecule has 0 amide bonds. The van der Waals surface area contributed by atoms with Gasteiger partial charge in [-0.1, -0.05) is 0 Å². The first-order valence-corrected chi connectivity index (χ1v) is 11.0. The largest absolute Gasteiger partial charge is 0.504 e. The molecule has 0 aliphatic heterocycles. The number of aromatic hydroxyl groups is 2. The summed E-state index contributed by atoms with van der Waals surface area (Å²) in [6.07, 6.45) is 1.22. The Hall–Kier alpha value is -4.52. The number of methoxy groups -OCH3 is 2. The van der Waals surface area contributed by atoms with E-state index in [-0.39, 0.29) is 22.0 Å². The van der Waals surface area contributed by atoms with Crippen molar-refractivity contribution in [2.45, 2.75) is 4.90 Å². The maximum atomic E-state index is 12.7. The van der Waals surface area contributed by atoms with E-state index in [1.807, 2.05) is 0 Å². The molecule has 0 heterocycles. The molecule has 178 valence electrons. The second-order valence-electron chi connectivity index (χ2n) is 6.73. The predicted molar refractivity (Wildman–Crippen MR) is 124 cm³/mol. The quantitative estimate of drug-likeness (QED) is 0.153. The smallest absolute Gasteiger partial charge is 0.295 e. The standard InChI is InChI=1S/C21H20N4O8S/c1-32-15-5-3-14(4-6-15)24-34(30,31)16-7-8-17(18(11-16)25(28)29)23-22-12-13-9-19(26)21(27)20(10-13)33-2/h3-12,23-24,26-27H,1-2H3/b22-12+. The third kappa shape index (κ3) is 5.45. The van der Waals surface area contributed by atoms with Gasteiger partial charge in [0, 0.05) is 17.3 Å². The summed E-state index contributed by atoms with van der Waals surface area (Å²) in [6.45, 7) is 0. The van der Waals surface area contributed by atoms with Gasteiger partial charge in [-0.2, -0.15) is 5.10 Å². The van der Waals surface area contributed by atoms with Gasteiger partial charge in [-0.25, -0.2) is 8.42 Å². The van der Waals surface area contributed by atoms with Crippen molar-refractivity contribution in [3.63, 3.8) is 0 Å². The Labute approximate surface area is 194 Å². The molecule has 0 unspecified atom stereocenters. The molecule has 13 heteroatoms. The molecule has 0 saturated carbocycles. The molecular formula is C21H20N4O8S. The van der Waals surface area contributed by atoms with Crippen LogP contribution < -0.4 is 19.6 Å². The normalized spacial score (nSPS) is 11.2. The van der Waals surface area contributed by atoms with E-state index in [1.165, 1.54) is 56.8 Å². The fraction of sp³-hybridized carbons (Fsp3) is 0.0952. The number of phenols is 2. The fourth-order valence-corrected chi connectivity index (χ4v) is 3.90. The first-order valence-electron chi connectivity index (χ1n) is 9.49. The minimum absolute atomic E-state index is 0.00588. The molecule has 0 aliphatic rings. The van der Waals surface area contributed by atoms with Crippen molar-refractivity contribution in [3.05, 3.63) is 70.3 Å². The van der Waals surface area contributed by atoms with E-state index < -0.39 is 32.1 Å². The number of rotatable bonds is 9. The van der Waals surface area contributed by atoms with Crippen LogP contribution in [0.5, 0.6) is 23.0 Å². The Kier molecular flexibility index (Phi) is 7.06. The Balaban J connectivity index is 1.83. The van der Waals surface area contributed by atoms with Gasteiger partial charge >= 0.3 is 0 Å². The molecule has 3 aromatic carbocycles. The van der Waals surface area contributed by atoms with Crippen LogP contribution in [0.1, 0.15) is 5.56 Å². The topological polar surface area (TPSA) is 173 Å². The zero-order chi connectivity index (χ0) is 24.9. The van der Waals surface area contributed by atoms with Crippen LogP contribution in [0.2, 0.25) is 0 Å². The van der Waals surface area contributed by atoms with Crippen molar-refractivity contribution < 1.29 is 33.0 Å². The number of nitrogens with zero attached hydrogens (tertiary/aromatic N) is 2. The number of benzene rings is 3. The number of nitro benzene ring substituents is 1. The molecule has 0 bridgehead atoms. The first kappa shape index (κ1) is 24.1. The highest BCUT2D eigenvalue weighted by molar-refractivity contribution is 7.92. The summed E-state index contributed by atoms with van der Waals surface area (Å²) in [4.78, 5) is 10.5. The Morgan fingerprint density at radius 1 is 1.03 bits per heavy atom. The lowest BCUT2D eigenvalue weighted by Gasteiger charge is -2.10. The number of hydrazone groups is 1. The van der Waals surface area contributed by atoms with Crippen LogP contribution in [0.3, 0.4) is 0 Å². The number of hydrogen-bond donors (Lipinski definition) is 4. The maximum absolute atomic E-state index is 12.7. The lowest BCUT2D eigenvalue weighted by molar-refractivity contribution is -0.384. The number of nitrogens with one attached hydrogen (secondary N) is 2. The van der Waals surface area contributed by atoms with Crippen molar-refractivity contribution in [3.8, 4) is 23.0 Å². The number of nitro groups is 1. The van der Waals surface area contributed by atoms with Crippen molar-refractivity contribution in [1.82, 2.24) is 0 Å². The fourth-order valence-electron chi connectivity index (χ4n) is 2.82. The minimum atomic E-state index is -4.11. The van der Waals surface area contributed by atoms with E-state index in [9.17, 15) is 28.7 Å². The van der Waals surface area contributed by atoms with E-state index in [4.69, 9.17) is 9.47 Å². The Morgan fingerprint density at radius 3 is 2.35 bits per heavy atom. The first-order chi connectivity index (χ1) is 16.1. The average molecular weight is 488 g/mol. The highest BCUT2D eigenvalue weighted by Gasteiger charge is 2.21. The molecule has 12 nitrogen and oxygen atoms in total. The Bertz CT molecular complexity index is 1340. The van der Waals surface area contributed by atoms with Gasteiger partial charge in [0.25, 0.3) is 15.7 Å². The second kappa shape index (κ2) is 9.95. The van der Waals surface area contributed by atoms with E-state index in [2.05, 4.69) is 15.2 Å². The lowest BCUT2D eigenvalue weighted by atomic mass is 10.2. The zero-order valence-corrected chi connectivity index (χ0v) is 18.7. The summed E-state index contributed by atoms with van der Waals surface area (Å²) in [5, 5.41) is 34.8. The second-order valence-corrected chi connectivity index (χ2v) is 8.41. The summed E-state index contributed by atoms with van der Waals surface area (Å²) < 4.78 is 37.7. The predicted octanol–water partition coefficient (Wildman–Crippen LogP) is 3.27. The van der Waals surface area contributed by atoms with Crippen molar-refractivity contribution in [2.75, 3.05) is 24.4 Å². The minimum Gasteiger partial charge on any atom is -0.504 e. The molecule has 3 rings (SSSR count). The van der Waals surface area contributed by atoms with Gasteiger partial charge in [-0.15, -0.1) is 0 Å². The van der Waals surface area contributed by atoms with Gasteiger partial charge in [0.2, 0.25) is 5.75 Å². The van der Waals surface area contributed by atoms with Crippen LogP contribution in [-0.4, -0.2) is 44.0 Å². The van der Waals surface area contributed by atoms with Gasteiger partial charge in [0.05, 0.1) is 30.3 Å². The SMILES string of the molecule is COc1ccc(NS(=O)(=O)c2ccc(N/N=C/c3cc(O)c(O)c(OC)c3)c([N+](=O)[O-])c2)cc1. The highest BCUT2D eigenvalue weighted by atomic mass is 32.2. The van der Waals surface area contributed by atoms with Crippen molar-refractivity contribution in [1.29, 1.82) is 0 Å². The van der Waals surface area contributed by atoms with Gasteiger partial charge in [0.15, 0.2) is 11.5 Å². The van der Waals surface area contributed by atoms with Crippen LogP contribution in [0.4, 0.5) is 17.1 Å². The molecule has 0 atom stereocenters. The number of hydrogen-bond acceptors (Lipinski definition) is 10. The molecule has 3 aromatic rings. The van der Waals surface area contributed by atoms with Crippen molar-refractivity contribution >= 4 is 33.3 Å². The van der Waals surface area contributed by atoms with Gasteiger partial charge in [-0.05, 0) is 48.5 Å². The van der Waals surface area contributed by atoms with Gasteiger partial charge in [-0.3, -0.25) is 20.3 Å². The molecular weight excluding hydrogens is 468 g/mol. The molecule has 0 aliphatic carbocycles. The summed E-state index contributed by atoms with van der Waals surface area (Å²) in [7, 11) is -1.34. The molecule has 0 aromatic heterocycles. The van der Waals surface area contributed by atoms with Crippen LogP contribution >= 0.6 is 0 Å². The molecule has 0 fully saturated rings. The van der Waals surface area contributed by atoms with Gasteiger partial charge < -0.3 is 19.7 Å². The maximum Gasteiger partial charge on any atom is 0.295 e. The van der Waals surface area contributed by atoms with Gasteiger partial charge in [0.1, 0.15) is 11.4 Å². The van der Waals surface area contributed by atoms with E-state index >= 15 is 0 Å². The number of ether oxygens (including phenoxy) is 2.